The lowest BCUT2D eigenvalue weighted by Crippen LogP contribution is -1.80. The molecular weight excluding hydrogens is 206 g/mol. The van der Waals surface area contributed by atoms with Crippen LogP contribution < -0.4 is 0 Å². The van der Waals surface area contributed by atoms with Crippen molar-refractivity contribution in [3.8, 4) is 0 Å². The molecule has 0 atom stereocenters. The molecule has 94 valence electrons. The number of rotatable bonds is 2. The second kappa shape index (κ2) is 8.63. The van der Waals surface area contributed by atoms with Crippen LogP contribution in [-0.2, 0) is 6.42 Å². The fourth-order valence-corrected chi connectivity index (χ4v) is 1.78. The van der Waals surface area contributed by atoms with Gasteiger partial charge in [-0.2, -0.15) is 0 Å². The predicted molar refractivity (Wildman–Crippen MR) is 80.5 cm³/mol. The van der Waals surface area contributed by atoms with Crippen molar-refractivity contribution in [2.24, 2.45) is 0 Å². The largest absolute Gasteiger partial charge is 0.355 e. The van der Waals surface area contributed by atoms with Crippen LogP contribution in [0, 0.1) is 0 Å². The summed E-state index contributed by atoms with van der Waals surface area (Å²) in [6, 6.07) is 8.37. The van der Waals surface area contributed by atoms with E-state index in [1.54, 1.807) is 0 Å². The third-order valence-corrected chi connectivity index (χ3v) is 2.40. The number of para-hydroxylation sites is 1. The average Bonchev–Trinajstić information content (AvgIpc) is 2.80. The van der Waals surface area contributed by atoms with Gasteiger partial charge in [-0.3, -0.25) is 0 Å². The second-order valence-electron chi connectivity index (χ2n) is 3.12. The number of hydrogen-bond acceptors (Lipinski definition) is 0. The Kier molecular flexibility index (Phi) is 7.87. The minimum Gasteiger partial charge on any atom is -0.355 e. The van der Waals surface area contributed by atoms with Gasteiger partial charge >= 0.3 is 0 Å². The number of aryl methyl sites for hydroxylation is 1. The molecule has 17 heavy (non-hydrogen) atoms. The van der Waals surface area contributed by atoms with Crippen molar-refractivity contribution in [2.75, 3.05) is 0 Å². The maximum Gasteiger partial charge on any atom is 0.0461 e. The highest BCUT2D eigenvalue weighted by atomic mass is 14.7. The Labute approximate surface area is 106 Å². The van der Waals surface area contributed by atoms with Crippen molar-refractivity contribution >= 4 is 17.0 Å². The molecule has 0 saturated heterocycles. The molecule has 2 aromatic rings. The number of hydrogen-bond donors (Lipinski definition) is 1. The predicted octanol–water partition coefficient (Wildman–Crippen LogP) is 5.43. The van der Waals surface area contributed by atoms with Gasteiger partial charge in [0.15, 0.2) is 0 Å². The SMILES string of the molecule is C=Cc1[nH]c2ccccc2c1CC.CC.CC. The monoisotopic (exact) mass is 231 g/mol. The number of aromatic amines is 1. The van der Waals surface area contributed by atoms with Crippen molar-refractivity contribution in [3.63, 3.8) is 0 Å². The highest BCUT2D eigenvalue weighted by Crippen LogP contribution is 2.23. The van der Waals surface area contributed by atoms with Gasteiger partial charge in [0.2, 0.25) is 0 Å². The summed E-state index contributed by atoms with van der Waals surface area (Å²) in [6.45, 7) is 14.0. The van der Waals surface area contributed by atoms with Crippen LogP contribution in [0.25, 0.3) is 17.0 Å². The molecule has 1 heterocycles. The molecule has 0 spiro atoms. The zero-order chi connectivity index (χ0) is 13.3. The van der Waals surface area contributed by atoms with Crippen LogP contribution in [0.1, 0.15) is 45.9 Å². The highest BCUT2D eigenvalue weighted by Gasteiger charge is 2.05. The van der Waals surface area contributed by atoms with Gasteiger partial charge in [0, 0.05) is 16.6 Å². The van der Waals surface area contributed by atoms with Crippen LogP contribution in [0.2, 0.25) is 0 Å². The van der Waals surface area contributed by atoms with Crippen molar-refractivity contribution < 1.29 is 0 Å². The number of benzene rings is 1. The summed E-state index contributed by atoms with van der Waals surface area (Å²) in [6.07, 6.45) is 2.93. The van der Waals surface area contributed by atoms with Crippen molar-refractivity contribution in [2.45, 2.75) is 41.0 Å². The minimum atomic E-state index is 1.05. The lowest BCUT2D eigenvalue weighted by atomic mass is 10.1. The Bertz CT molecular complexity index is 438. The van der Waals surface area contributed by atoms with Gasteiger partial charge in [-0.25, -0.2) is 0 Å². The lowest BCUT2D eigenvalue weighted by Gasteiger charge is -1.94. The number of nitrogens with one attached hydrogen (secondary N) is 1. The van der Waals surface area contributed by atoms with E-state index in [1.807, 2.05) is 39.8 Å². The van der Waals surface area contributed by atoms with Gasteiger partial charge in [0.1, 0.15) is 0 Å². The molecule has 0 aliphatic rings. The maximum absolute atomic E-state index is 3.80. The van der Waals surface area contributed by atoms with E-state index in [9.17, 15) is 0 Å². The Balaban J connectivity index is 0.000000581. The Morgan fingerprint density at radius 3 is 2.24 bits per heavy atom. The second-order valence-corrected chi connectivity index (χ2v) is 3.12. The van der Waals surface area contributed by atoms with E-state index in [-0.39, 0.29) is 0 Å². The quantitative estimate of drug-likeness (QED) is 0.709. The molecule has 0 fully saturated rings. The average molecular weight is 231 g/mol. The van der Waals surface area contributed by atoms with Gasteiger partial charge in [0.05, 0.1) is 0 Å². The van der Waals surface area contributed by atoms with E-state index in [0.717, 1.165) is 12.1 Å². The normalized spacial score (nSPS) is 8.76. The third kappa shape index (κ3) is 3.48. The summed E-state index contributed by atoms with van der Waals surface area (Å²) in [5, 5.41) is 1.32. The fraction of sp³-hybridized carbons (Fsp3) is 0.375. The van der Waals surface area contributed by atoms with E-state index in [0.29, 0.717) is 0 Å². The summed E-state index contributed by atoms with van der Waals surface area (Å²) in [7, 11) is 0. The molecule has 0 amide bonds. The number of fused-ring (bicyclic) bond motifs is 1. The molecule has 0 aliphatic heterocycles. The molecule has 2 rings (SSSR count). The van der Waals surface area contributed by atoms with E-state index < -0.39 is 0 Å². The van der Waals surface area contributed by atoms with Crippen molar-refractivity contribution in [1.82, 2.24) is 4.98 Å². The van der Waals surface area contributed by atoms with E-state index in [4.69, 9.17) is 0 Å². The smallest absolute Gasteiger partial charge is 0.0461 e. The summed E-state index contributed by atoms with van der Waals surface area (Å²) in [4.78, 5) is 3.35. The number of H-pyrrole nitrogens is 1. The van der Waals surface area contributed by atoms with Crippen LogP contribution in [0.4, 0.5) is 0 Å². The minimum absolute atomic E-state index is 1.05. The first-order valence-corrected chi connectivity index (χ1v) is 6.58. The maximum atomic E-state index is 3.80. The molecule has 1 N–H and O–H groups in total. The first kappa shape index (κ1) is 15.5. The Morgan fingerprint density at radius 2 is 1.71 bits per heavy atom. The zero-order valence-corrected chi connectivity index (χ0v) is 11.8. The van der Waals surface area contributed by atoms with Crippen LogP contribution in [0.15, 0.2) is 30.8 Å². The zero-order valence-electron chi connectivity index (χ0n) is 11.8. The molecule has 0 unspecified atom stereocenters. The molecule has 1 aromatic carbocycles. The van der Waals surface area contributed by atoms with Crippen molar-refractivity contribution in [3.05, 3.63) is 42.1 Å². The van der Waals surface area contributed by atoms with Crippen LogP contribution in [-0.4, -0.2) is 4.98 Å². The van der Waals surface area contributed by atoms with Gasteiger partial charge in [-0.15, -0.1) is 0 Å². The summed E-state index contributed by atoms with van der Waals surface area (Å²) < 4.78 is 0. The van der Waals surface area contributed by atoms with Gasteiger partial charge in [0.25, 0.3) is 0 Å². The Hall–Kier alpha value is -1.50. The van der Waals surface area contributed by atoms with Crippen LogP contribution >= 0.6 is 0 Å². The van der Waals surface area contributed by atoms with Crippen molar-refractivity contribution in [1.29, 1.82) is 0 Å². The van der Waals surface area contributed by atoms with E-state index in [2.05, 4.69) is 36.7 Å². The first-order valence-electron chi connectivity index (χ1n) is 6.58. The van der Waals surface area contributed by atoms with Crippen LogP contribution in [0.5, 0.6) is 0 Å². The number of aromatic nitrogens is 1. The summed E-state index contributed by atoms with van der Waals surface area (Å²) in [5.41, 5.74) is 3.73. The topological polar surface area (TPSA) is 15.8 Å². The molecule has 0 bridgehead atoms. The van der Waals surface area contributed by atoms with Gasteiger partial charge < -0.3 is 4.98 Å². The first-order chi connectivity index (χ1) is 8.36. The van der Waals surface area contributed by atoms with E-state index >= 15 is 0 Å². The van der Waals surface area contributed by atoms with Gasteiger partial charge in [-0.05, 0) is 24.1 Å². The molecule has 1 aromatic heterocycles. The highest BCUT2D eigenvalue weighted by molar-refractivity contribution is 5.86. The van der Waals surface area contributed by atoms with E-state index in [1.165, 1.54) is 16.5 Å². The standard InChI is InChI=1S/C12H13N.2C2H6/c1-3-9-10-7-5-6-8-12(10)13-11(9)4-2;2*1-2/h4-8,13H,2-3H2,1H3;2*1-2H3. The molecule has 0 saturated carbocycles. The fourth-order valence-electron chi connectivity index (χ4n) is 1.78. The molecular formula is C16H25N. The summed E-state index contributed by atoms with van der Waals surface area (Å²) >= 11 is 0. The molecule has 0 radical (unpaired) electrons. The van der Waals surface area contributed by atoms with Gasteiger partial charge in [-0.1, -0.05) is 59.4 Å². The molecule has 1 nitrogen and oxygen atoms in total. The third-order valence-electron chi connectivity index (χ3n) is 2.40. The lowest BCUT2D eigenvalue weighted by molar-refractivity contribution is 1.14. The Morgan fingerprint density at radius 1 is 1.12 bits per heavy atom. The molecule has 1 heteroatoms. The summed E-state index contributed by atoms with van der Waals surface area (Å²) in [5.74, 6) is 0. The van der Waals surface area contributed by atoms with Crippen LogP contribution in [0.3, 0.4) is 0 Å². The molecule has 0 aliphatic carbocycles.